The molecular formula is C21H28N4O3. The zero-order valence-corrected chi connectivity index (χ0v) is 16.3. The molecular weight excluding hydrogens is 356 g/mol. The van der Waals surface area contributed by atoms with Gasteiger partial charge in [-0.2, -0.15) is 0 Å². The number of nitrogens with zero attached hydrogens (tertiary/aromatic N) is 4. The lowest BCUT2D eigenvalue weighted by atomic mass is 9.81. The topological polar surface area (TPSA) is 73.8 Å². The zero-order valence-electron chi connectivity index (χ0n) is 16.3. The molecule has 3 aliphatic rings. The van der Waals surface area contributed by atoms with E-state index in [2.05, 4.69) is 9.88 Å². The lowest BCUT2D eigenvalue weighted by molar-refractivity contribution is -0.141. The molecule has 1 aliphatic carbocycles. The number of carbonyl (C=O) groups is 3. The molecule has 0 radical (unpaired) electrons. The van der Waals surface area contributed by atoms with Crippen molar-refractivity contribution in [3.05, 3.63) is 30.1 Å². The van der Waals surface area contributed by atoms with Crippen molar-refractivity contribution >= 4 is 17.7 Å². The number of imide groups is 1. The average Bonchev–Trinajstić information content (AvgIpc) is 2.98. The summed E-state index contributed by atoms with van der Waals surface area (Å²) >= 11 is 0. The smallest absolute Gasteiger partial charge is 0.233 e. The fourth-order valence-electron chi connectivity index (χ4n) is 4.72. The number of likely N-dealkylation sites (tertiary alicyclic amines) is 1. The molecule has 0 aromatic carbocycles. The standard InChI is InChI=1S/C21H28N4O3/c26-19(7-10-25-20(27)17-3-1-2-4-18(17)21(25)28)24-13-11-23(12-14-24)15-16-5-8-22-9-6-16/h5-6,8-9,17-18H,1-4,7,10-15H2/t17-,18+. The molecule has 2 aliphatic heterocycles. The Morgan fingerprint density at radius 2 is 1.57 bits per heavy atom. The first-order valence-corrected chi connectivity index (χ1v) is 10.4. The lowest BCUT2D eigenvalue weighted by Gasteiger charge is -2.35. The van der Waals surface area contributed by atoms with Gasteiger partial charge in [0.1, 0.15) is 0 Å². The van der Waals surface area contributed by atoms with Gasteiger partial charge in [0.25, 0.3) is 0 Å². The quantitative estimate of drug-likeness (QED) is 0.716. The van der Waals surface area contributed by atoms with E-state index in [-0.39, 0.29) is 42.5 Å². The monoisotopic (exact) mass is 384 g/mol. The van der Waals surface area contributed by atoms with Crippen molar-refractivity contribution in [2.24, 2.45) is 11.8 Å². The maximum atomic E-state index is 12.6. The Bertz CT molecular complexity index is 706. The molecule has 1 aromatic rings. The van der Waals surface area contributed by atoms with Crippen LogP contribution in [-0.2, 0) is 20.9 Å². The van der Waals surface area contributed by atoms with E-state index in [9.17, 15) is 14.4 Å². The number of hydrogen-bond acceptors (Lipinski definition) is 5. The van der Waals surface area contributed by atoms with Crippen molar-refractivity contribution in [2.75, 3.05) is 32.7 Å². The van der Waals surface area contributed by atoms with E-state index in [1.165, 1.54) is 10.5 Å². The Hall–Kier alpha value is -2.28. The summed E-state index contributed by atoms with van der Waals surface area (Å²) in [5, 5.41) is 0. The van der Waals surface area contributed by atoms with Crippen molar-refractivity contribution in [1.29, 1.82) is 0 Å². The Labute approximate surface area is 165 Å². The number of pyridine rings is 1. The second-order valence-electron chi connectivity index (χ2n) is 8.09. The number of carbonyl (C=O) groups excluding carboxylic acids is 3. The number of rotatable bonds is 5. The third-order valence-electron chi connectivity index (χ3n) is 6.36. The number of amides is 3. The van der Waals surface area contributed by atoms with Gasteiger partial charge in [-0.25, -0.2) is 0 Å². The molecule has 2 atom stereocenters. The largest absolute Gasteiger partial charge is 0.340 e. The van der Waals surface area contributed by atoms with Crippen molar-refractivity contribution in [3.8, 4) is 0 Å². The molecule has 3 fully saturated rings. The third kappa shape index (κ3) is 3.94. The normalized spacial score (nSPS) is 25.9. The molecule has 7 nitrogen and oxygen atoms in total. The van der Waals surface area contributed by atoms with E-state index in [1.54, 1.807) is 12.4 Å². The first-order valence-electron chi connectivity index (χ1n) is 10.4. The van der Waals surface area contributed by atoms with E-state index in [0.29, 0.717) is 13.1 Å². The lowest BCUT2D eigenvalue weighted by Crippen LogP contribution is -2.49. The van der Waals surface area contributed by atoms with E-state index in [1.807, 2.05) is 17.0 Å². The molecule has 150 valence electrons. The summed E-state index contributed by atoms with van der Waals surface area (Å²) in [6.07, 6.45) is 7.52. The minimum Gasteiger partial charge on any atom is -0.340 e. The summed E-state index contributed by atoms with van der Waals surface area (Å²) in [6.45, 7) is 4.15. The van der Waals surface area contributed by atoms with E-state index < -0.39 is 0 Å². The highest BCUT2D eigenvalue weighted by Crippen LogP contribution is 2.38. The predicted octanol–water partition coefficient (Wildman–Crippen LogP) is 1.29. The Morgan fingerprint density at radius 1 is 0.964 bits per heavy atom. The van der Waals surface area contributed by atoms with Gasteiger partial charge in [-0.05, 0) is 30.5 Å². The van der Waals surface area contributed by atoms with Gasteiger partial charge in [-0.3, -0.25) is 29.2 Å². The van der Waals surface area contributed by atoms with Gasteiger partial charge in [0.15, 0.2) is 0 Å². The molecule has 0 spiro atoms. The van der Waals surface area contributed by atoms with Gasteiger partial charge in [-0.15, -0.1) is 0 Å². The van der Waals surface area contributed by atoms with Crippen molar-refractivity contribution in [3.63, 3.8) is 0 Å². The van der Waals surface area contributed by atoms with Gasteiger partial charge in [0, 0.05) is 58.1 Å². The molecule has 3 amide bonds. The molecule has 1 aromatic heterocycles. The van der Waals surface area contributed by atoms with Crippen LogP contribution in [0.25, 0.3) is 0 Å². The number of piperazine rings is 1. The van der Waals surface area contributed by atoms with Gasteiger partial charge < -0.3 is 4.90 Å². The minimum absolute atomic E-state index is 0.0408. The van der Waals surface area contributed by atoms with Crippen LogP contribution < -0.4 is 0 Å². The summed E-state index contributed by atoms with van der Waals surface area (Å²) in [5.41, 5.74) is 1.22. The fraction of sp³-hybridized carbons (Fsp3) is 0.619. The molecule has 0 unspecified atom stereocenters. The van der Waals surface area contributed by atoms with Crippen LogP contribution in [0.2, 0.25) is 0 Å². The van der Waals surface area contributed by atoms with Crippen LogP contribution in [0.5, 0.6) is 0 Å². The first-order chi connectivity index (χ1) is 13.6. The summed E-state index contributed by atoms with van der Waals surface area (Å²) in [6, 6.07) is 4.03. The Kier molecular flexibility index (Phi) is 5.71. The summed E-state index contributed by atoms with van der Waals surface area (Å²) in [4.78, 5) is 47.2. The molecule has 0 N–H and O–H groups in total. The van der Waals surface area contributed by atoms with Crippen molar-refractivity contribution < 1.29 is 14.4 Å². The molecule has 0 bridgehead atoms. The summed E-state index contributed by atoms with van der Waals surface area (Å²) in [5.74, 6) is -0.324. The summed E-state index contributed by atoms with van der Waals surface area (Å²) in [7, 11) is 0. The molecule has 1 saturated carbocycles. The highest BCUT2D eigenvalue weighted by Gasteiger charge is 2.47. The maximum Gasteiger partial charge on any atom is 0.233 e. The molecule has 2 saturated heterocycles. The third-order valence-corrected chi connectivity index (χ3v) is 6.36. The number of fused-ring (bicyclic) bond motifs is 1. The maximum absolute atomic E-state index is 12.6. The zero-order chi connectivity index (χ0) is 19.5. The van der Waals surface area contributed by atoms with Crippen LogP contribution in [0, 0.1) is 11.8 Å². The Morgan fingerprint density at radius 3 is 2.18 bits per heavy atom. The van der Waals surface area contributed by atoms with Crippen LogP contribution in [0.3, 0.4) is 0 Å². The molecule has 28 heavy (non-hydrogen) atoms. The highest BCUT2D eigenvalue weighted by atomic mass is 16.2. The van der Waals surface area contributed by atoms with Crippen LogP contribution in [-0.4, -0.2) is 70.1 Å². The van der Waals surface area contributed by atoms with Crippen LogP contribution in [0.15, 0.2) is 24.5 Å². The van der Waals surface area contributed by atoms with E-state index >= 15 is 0 Å². The van der Waals surface area contributed by atoms with Gasteiger partial charge in [0.2, 0.25) is 17.7 Å². The van der Waals surface area contributed by atoms with Crippen molar-refractivity contribution in [1.82, 2.24) is 19.7 Å². The fourth-order valence-corrected chi connectivity index (χ4v) is 4.72. The van der Waals surface area contributed by atoms with Crippen LogP contribution >= 0.6 is 0 Å². The van der Waals surface area contributed by atoms with Crippen LogP contribution in [0.1, 0.15) is 37.7 Å². The molecule has 3 heterocycles. The van der Waals surface area contributed by atoms with Gasteiger partial charge in [0.05, 0.1) is 11.8 Å². The van der Waals surface area contributed by atoms with E-state index in [4.69, 9.17) is 0 Å². The second-order valence-corrected chi connectivity index (χ2v) is 8.09. The first kappa shape index (κ1) is 19.1. The number of aromatic nitrogens is 1. The highest BCUT2D eigenvalue weighted by molar-refractivity contribution is 6.05. The van der Waals surface area contributed by atoms with E-state index in [0.717, 1.165) is 45.3 Å². The summed E-state index contributed by atoms with van der Waals surface area (Å²) < 4.78 is 0. The van der Waals surface area contributed by atoms with Crippen molar-refractivity contribution in [2.45, 2.75) is 38.6 Å². The van der Waals surface area contributed by atoms with Gasteiger partial charge in [-0.1, -0.05) is 12.8 Å². The van der Waals surface area contributed by atoms with Crippen LogP contribution in [0.4, 0.5) is 0 Å². The van der Waals surface area contributed by atoms with Gasteiger partial charge >= 0.3 is 0 Å². The molecule has 7 heteroatoms. The minimum atomic E-state index is -0.131. The Balaban J connectivity index is 1.24. The molecule has 4 rings (SSSR count). The SMILES string of the molecule is O=C(CCN1C(=O)[C@H]2CCCC[C@H]2C1=O)N1CCN(Cc2ccncc2)CC1. The number of hydrogen-bond donors (Lipinski definition) is 0. The average molecular weight is 384 g/mol. The second kappa shape index (κ2) is 8.39. The predicted molar refractivity (Wildman–Crippen MR) is 103 cm³/mol.